The van der Waals surface area contributed by atoms with Gasteiger partial charge in [0.05, 0.1) is 0 Å². The van der Waals surface area contributed by atoms with Gasteiger partial charge in [-0.15, -0.1) is 0 Å². The van der Waals surface area contributed by atoms with E-state index < -0.39 is 26.4 Å². The van der Waals surface area contributed by atoms with Crippen LogP contribution in [-0.2, 0) is 4.79 Å². The smallest absolute Gasteiger partial charge is 0.550 e. The van der Waals surface area contributed by atoms with Gasteiger partial charge in [0, 0.05) is 19.5 Å². The molecule has 0 spiro atoms. The molecule has 0 amide bonds. The molecule has 0 aliphatic carbocycles. The van der Waals surface area contributed by atoms with Gasteiger partial charge in [-0.05, 0) is 6.37 Å². The molecule has 2 nitrogen and oxygen atoms in total. The first-order valence-electron chi connectivity index (χ1n) is 4.66. The molecule has 0 N–H and O–H groups in total. The first kappa shape index (κ1) is 6.23. The molecule has 0 atom stereocenters. The third-order valence-electron chi connectivity index (χ3n) is 0.540. The molecule has 0 aliphatic heterocycles. The number of carboxylic acid groups (broad SMARTS) is 1. The molecule has 0 heterocycles. The summed E-state index contributed by atoms with van der Waals surface area (Å²) in [5.74, 6) is -4.32. The molecule has 0 radical (unpaired) electrons. The van der Waals surface area contributed by atoms with E-state index in [1.165, 1.54) is 0 Å². The van der Waals surface area contributed by atoms with Crippen LogP contribution in [0.15, 0.2) is 0 Å². The van der Waals surface area contributed by atoms with Crippen LogP contribution in [0.1, 0.15) is 11.9 Å². The Morgan fingerprint density at radius 2 is 2.00 bits per heavy atom. The Bertz CT molecular complexity index is 226. The number of carbonyl (C=O) groups is 1. The Balaban J connectivity index is 0. The van der Waals surface area contributed by atoms with Gasteiger partial charge in [0.15, 0.2) is 0 Å². The Morgan fingerprint density at radius 1 is 1.60 bits per heavy atom. The van der Waals surface area contributed by atoms with E-state index in [9.17, 15) is 9.90 Å². The maximum Gasteiger partial charge on any atom is 1.00 e. The fourth-order valence-electron chi connectivity index (χ4n) is 0.239. The van der Waals surface area contributed by atoms with Crippen molar-refractivity contribution < 1.29 is 44.9 Å². The molecule has 0 rings (SSSR count). The van der Waals surface area contributed by atoms with E-state index in [1.54, 1.807) is 19.6 Å². The standard InChI is InChI=1S/C6H14O2Si.Na/c1-9(2,3)5-4-6(7)8;/h4-5H2,1-3H3,(H,7,8);/q;+1/p-1/i4D2,5D2,6+1;. The molecule has 54 valence electrons. The minimum atomic E-state index is -2.92. The van der Waals surface area contributed by atoms with Crippen LogP contribution in [0.3, 0.4) is 0 Å². The average molecular weight is 173 g/mol. The van der Waals surface area contributed by atoms with Crippen molar-refractivity contribution in [2.45, 2.75) is 32.0 Å². The Kier molecular flexibility index (Phi) is 3.33. The normalized spacial score (nSPS) is 19.1. The van der Waals surface area contributed by atoms with Crippen LogP contribution in [0, 0.1) is 0 Å². The zero-order valence-electron chi connectivity index (χ0n) is 10.8. The van der Waals surface area contributed by atoms with Crippen LogP contribution in [0.4, 0.5) is 0 Å². The van der Waals surface area contributed by atoms with E-state index in [-0.39, 0.29) is 29.6 Å². The maximum atomic E-state index is 10.4. The largest absolute Gasteiger partial charge is 1.00 e. The molecule has 0 saturated heterocycles. The summed E-state index contributed by atoms with van der Waals surface area (Å²) in [6, 6.07) is 0. The van der Waals surface area contributed by atoms with Gasteiger partial charge in [-0.2, -0.15) is 0 Å². The molecule has 0 bridgehead atoms. The molecule has 0 aliphatic rings. The summed E-state index contributed by atoms with van der Waals surface area (Å²) in [6.07, 6.45) is -2.92. The number of hydrogen-bond acceptors (Lipinski definition) is 2. The number of rotatable bonds is 3. The first-order chi connectivity index (χ1) is 5.44. The molecule has 0 aromatic rings. The predicted octanol–water partition coefficient (Wildman–Crippen LogP) is -2.53. The topological polar surface area (TPSA) is 40.1 Å². The number of carbonyl (C=O) groups excluding carboxylic acids is 1. The fraction of sp³-hybridized carbons (Fsp3) is 0.833. The summed E-state index contributed by atoms with van der Waals surface area (Å²) >= 11 is 0. The maximum absolute atomic E-state index is 10.4. The van der Waals surface area contributed by atoms with E-state index in [1.807, 2.05) is 0 Å². The van der Waals surface area contributed by atoms with E-state index in [0.29, 0.717) is 0 Å². The molecule has 0 saturated carbocycles. The van der Waals surface area contributed by atoms with Gasteiger partial charge in [-0.25, -0.2) is 0 Å². The van der Waals surface area contributed by atoms with Gasteiger partial charge in [-0.1, -0.05) is 25.6 Å². The molecule has 10 heavy (non-hydrogen) atoms. The van der Waals surface area contributed by atoms with Crippen molar-refractivity contribution >= 4 is 14.0 Å². The number of aliphatic carboxylic acids is 1. The molecular formula is C6H13NaO2Si. The Labute approximate surface area is 90.9 Å². The van der Waals surface area contributed by atoms with Crippen molar-refractivity contribution in [2.75, 3.05) is 0 Å². The minimum Gasteiger partial charge on any atom is -0.550 e. The summed E-state index contributed by atoms with van der Waals surface area (Å²) in [6.45, 7) is 4.73. The molecule has 0 aromatic heterocycles. The molecule has 0 aromatic carbocycles. The van der Waals surface area contributed by atoms with Gasteiger partial charge < -0.3 is 9.90 Å². The summed E-state index contributed by atoms with van der Waals surface area (Å²) in [4.78, 5) is 10.4. The van der Waals surface area contributed by atoms with Gasteiger partial charge in [0.25, 0.3) is 0 Å². The van der Waals surface area contributed by atoms with E-state index in [0.717, 1.165) is 0 Å². The summed E-state index contributed by atoms with van der Waals surface area (Å²) in [5.41, 5.74) is 0. The van der Waals surface area contributed by atoms with Crippen molar-refractivity contribution in [2.24, 2.45) is 0 Å². The molecule has 0 fully saturated rings. The van der Waals surface area contributed by atoms with Gasteiger partial charge in [-0.3, -0.25) is 0 Å². The average Bonchev–Trinajstić information content (AvgIpc) is 1.84. The van der Waals surface area contributed by atoms with Crippen molar-refractivity contribution in [1.82, 2.24) is 0 Å². The summed E-state index contributed by atoms with van der Waals surface area (Å²) in [5, 5.41) is 10.4. The van der Waals surface area contributed by atoms with Crippen molar-refractivity contribution in [3.8, 4) is 0 Å². The second kappa shape index (κ2) is 5.35. The fourth-order valence-corrected chi connectivity index (χ4v) is 0.716. The molecule has 4 heteroatoms. The Hall–Kier alpha value is 0.687. The first-order valence-corrected chi connectivity index (χ1v) is 6.16. The number of carboxylic acids is 1. The third kappa shape index (κ3) is 11.5. The van der Waals surface area contributed by atoms with Gasteiger partial charge in [0.2, 0.25) is 0 Å². The van der Waals surface area contributed by atoms with E-state index >= 15 is 0 Å². The quantitative estimate of drug-likeness (QED) is 0.349. The van der Waals surface area contributed by atoms with Crippen LogP contribution in [0.25, 0.3) is 0 Å². The second-order valence-corrected chi connectivity index (χ2v) is 7.54. The Morgan fingerprint density at radius 3 is 2.10 bits per heavy atom. The van der Waals surface area contributed by atoms with Crippen LogP contribution in [-0.4, -0.2) is 14.0 Å². The number of hydrogen-bond donors (Lipinski definition) is 0. The van der Waals surface area contributed by atoms with E-state index in [2.05, 4.69) is 0 Å². The summed E-state index contributed by atoms with van der Waals surface area (Å²) in [7, 11) is -2.55. The second-order valence-electron chi connectivity index (χ2n) is 2.79. The van der Waals surface area contributed by atoms with Crippen LogP contribution in [0.5, 0.6) is 0 Å². The monoisotopic (exact) mass is 173 g/mol. The van der Waals surface area contributed by atoms with Crippen molar-refractivity contribution in [3.63, 3.8) is 0 Å². The zero-order chi connectivity index (χ0) is 11.1. The minimum absolute atomic E-state index is 0. The SMILES string of the molecule is [2H]C([2H])([13C](=O)[O-])C([2H])([2H])[Si](C)(C)C.[Na+]. The zero-order valence-corrected chi connectivity index (χ0v) is 9.82. The van der Waals surface area contributed by atoms with Crippen molar-refractivity contribution in [1.29, 1.82) is 0 Å². The predicted molar refractivity (Wildman–Crippen MR) is 37.8 cm³/mol. The van der Waals surface area contributed by atoms with Crippen LogP contribution in [0.2, 0.25) is 25.6 Å². The molecular weight excluding hydrogens is 156 g/mol. The van der Waals surface area contributed by atoms with Gasteiger partial charge >= 0.3 is 29.6 Å². The van der Waals surface area contributed by atoms with Crippen molar-refractivity contribution in [3.05, 3.63) is 0 Å². The van der Waals surface area contributed by atoms with Crippen LogP contribution >= 0.6 is 0 Å². The van der Waals surface area contributed by atoms with Crippen LogP contribution < -0.4 is 34.7 Å². The third-order valence-corrected chi connectivity index (χ3v) is 1.41. The molecule has 0 unspecified atom stereocenters. The summed E-state index contributed by atoms with van der Waals surface area (Å²) < 4.78 is 29.1. The van der Waals surface area contributed by atoms with E-state index in [4.69, 9.17) is 5.48 Å². The van der Waals surface area contributed by atoms with Gasteiger partial charge in [0.1, 0.15) is 0 Å².